The van der Waals surface area contributed by atoms with E-state index in [4.69, 9.17) is 5.11 Å². The maximum atomic E-state index is 13.3. The average molecular weight is 269 g/mol. The Morgan fingerprint density at radius 1 is 1.06 bits per heavy atom. The number of hydrogen-bond acceptors (Lipinski definition) is 2. The van der Waals surface area contributed by atoms with Crippen molar-refractivity contribution in [1.29, 1.82) is 0 Å². The van der Waals surface area contributed by atoms with Crippen LogP contribution in [0.4, 0.5) is 22.0 Å². The topological polar surface area (TPSA) is 49.3 Å². The van der Waals surface area contributed by atoms with Gasteiger partial charge in [-0.2, -0.15) is 0 Å². The third-order valence-electron chi connectivity index (χ3n) is 2.24. The lowest BCUT2D eigenvalue weighted by Gasteiger charge is -2.15. The van der Waals surface area contributed by atoms with Crippen molar-refractivity contribution in [2.75, 3.05) is 6.54 Å². The van der Waals surface area contributed by atoms with Gasteiger partial charge in [-0.25, -0.2) is 22.0 Å². The minimum atomic E-state index is -2.25. The van der Waals surface area contributed by atoms with Gasteiger partial charge in [-0.3, -0.25) is 4.79 Å². The summed E-state index contributed by atoms with van der Waals surface area (Å²) in [5.41, 5.74) is -1.09. The highest BCUT2D eigenvalue weighted by molar-refractivity contribution is 5.69. The minimum Gasteiger partial charge on any atom is -0.480 e. The van der Waals surface area contributed by atoms with Crippen molar-refractivity contribution >= 4 is 5.97 Å². The van der Waals surface area contributed by atoms with E-state index in [1.54, 1.807) is 0 Å². The lowest BCUT2D eigenvalue weighted by molar-refractivity contribution is -0.136. The zero-order valence-corrected chi connectivity index (χ0v) is 9.03. The summed E-state index contributed by atoms with van der Waals surface area (Å²) >= 11 is 0. The van der Waals surface area contributed by atoms with Gasteiger partial charge in [0.1, 0.15) is 0 Å². The molecule has 0 unspecified atom stereocenters. The summed E-state index contributed by atoms with van der Waals surface area (Å²) < 4.78 is 65.0. The van der Waals surface area contributed by atoms with Gasteiger partial charge in [-0.1, -0.05) is 0 Å². The van der Waals surface area contributed by atoms with E-state index in [1.807, 2.05) is 0 Å². The fourth-order valence-electron chi connectivity index (χ4n) is 1.34. The van der Waals surface area contributed by atoms with E-state index in [0.29, 0.717) is 0 Å². The molecule has 8 heteroatoms. The molecule has 1 rings (SSSR count). The van der Waals surface area contributed by atoms with Crippen molar-refractivity contribution in [3.63, 3.8) is 0 Å². The SMILES string of the molecule is C[C@H](NCC(=O)O)c1c(F)c(F)c(F)c(F)c1F. The molecule has 0 saturated heterocycles. The molecular formula is C10H8F5NO2. The monoisotopic (exact) mass is 269 g/mol. The summed E-state index contributed by atoms with van der Waals surface area (Å²) in [4.78, 5) is 10.2. The lowest BCUT2D eigenvalue weighted by atomic mass is 10.1. The van der Waals surface area contributed by atoms with Gasteiger partial charge in [0.05, 0.1) is 6.54 Å². The fourth-order valence-corrected chi connectivity index (χ4v) is 1.34. The third-order valence-corrected chi connectivity index (χ3v) is 2.24. The van der Waals surface area contributed by atoms with Gasteiger partial charge in [0.25, 0.3) is 0 Å². The Labute approximate surface area is 98.2 Å². The first-order valence-corrected chi connectivity index (χ1v) is 4.73. The predicted molar refractivity (Wildman–Crippen MR) is 50.3 cm³/mol. The van der Waals surface area contributed by atoms with E-state index < -0.39 is 53.2 Å². The highest BCUT2D eigenvalue weighted by Crippen LogP contribution is 2.27. The summed E-state index contributed by atoms with van der Waals surface area (Å²) in [7, 11) is 0. The summed E-state index contributed by atoms with van der Waals surface area (Å²) in [5.74, 6) is -11.7. The molecule has 0 aliphatic carbocycles. The Morgan fingerprint density at radius 2 is 1.44 bits per heavy atom. The van der Waals surface area contributed by atoms with Crippen molar-refractivity contribution < 1.29 is 31.9 Å². The highest BCUT2D eigenvalue weighted by atomic mass is 19.2. The smallest absolute Gasteiger partial charge is 0.317 e. The molecule has 3 nitrogen and oxygen atoms in total. The van der Waals surface area contributed by atoms with Gasteiger partial charge < -0.3 is 10.4 Å². The van der Waals surface area contributed by atoms with Crippen molar-refractivity contribution in [2.24, 2.45) is 0 Å². The van der Waals surface area contributed by atoms with Crippen LogP contribution in [0.25, 0.3) is 0 Å². The van der Waals surface area contributed by atoms with Gasteiger partial charge in [0.15, 0.2) is 23.3 Å². The highest BCUT2D eigenvalue weighted by Gasteiger charge is 2.28. The number of halogens is 5. The van der Waals surface area contributed by atoms with Crippen LogP contribution in [0.1, 0.15) is 18.5 Å². The van der Waals surface area contributed by atoms with Crippen LogP contribution < -0.4 is 5.32 Å². The Hall–Kier alpha value is -1.70. The molecule has 0 fully saturated rings. The van der Waals surface area contributed by atoms with Gasteiger partial charge in [0, 0.05) is 11.6 Å². The molecule has 1 aromatic rings. The molecule has 18 heavy (non-hydrogen) atoms. The standard InChI is InChI=1S/C10H8F5NO2/c1-3(16-2-4(17)18)5-6(11)8(13)10(15)9(14)7(5)12/h3,16H,2H2,1H3,(H,17,18)/t3-/m0/s1. The Bertz CT molecular complexity index is 463. The quantitative estimate of drug-likeness (QED) is 0.500. The second-order valence-corrected chi connectivity index (χ2v) is 3.48. The second kappa shape index (κ2) is 5.30. The molecule has 0 saturated carbocycles. The minimum absolute atomic E-state index is 0.680. The normalized spacial score (nSPS) is 12.6. The molecule has 100 valence electrons. The number of aliphatic carboxylic acids is 1. The van der Waals surface area contributed by atoms with Crippen LogP contribution in [0.5, 0.6) is 0 Å². The molecule has 1 aromatic carbocycles. The van der Waals surface area contributed by atoms with E-state index in [-0.39, 0.29) is 0 Å². The maximum absolute atomic E-state index is 13.3. The van der Waals surface area contributed by atoms with Crippen molar-refractivity contribution in [3.05, 3.63) is 34.6 Å². The van der Waals surface area contributed by atoms with E-state index in [1.165, 1.54) is 0 Å². The Morgan fingerprint density at radius 3 is 1.83 bits per heavy atom. The summed E-state index contributed by atoms with van der Waals surface area (Å²) in [5, 5.41) is 10.5. The van der Waals surface area contributed by atoms with Gasteiger partial charge >= 0.3 is 5.97 Å². The number of benzene rings is 1. The molecule has 0 aliphatic heterocycles. The van der Waals surface area contributed by atoms with E-state index in [2.05, 4.69) is 5.32 Å². The largest absolute Gasteiger partial charge is 0.480 e. The van der Waals surface area contributed by atoms with E-state index in [9.17, 15) is 26.7 Å². The summed E-state index contributed by atoms with van der Waals surface area (Å²) in [6, 6.07) is -1.34. The van der Waals surface area contributed by atoms with Crippen LogP contribution in [0.2, 0.25) is 0 Å². The third kappa shape index (κ3) is 2.58. The number of carboxylic acids is 1. The predicted octanol–water partition coefficient (Wildman–Crippen LogP) is 2.12. The number of hydrogen-bond donors (Lipinski definition) is 2. The Balaban J connectivity index is 3.20. The number of nitrogens with one attached hydrogen (secondary N) is 1. The second-order valence-electron chi connectivity index (χ2n) is 3.48. The number of carbonyl (C=O) groups is 1. The van der Waals surface area contributed by atoms with Crippen LogP contribution in [0.3, 0.4) is 0 Å². The molecule has 0 radical (unpaired) electrons. The lowest BCUT2D eigenvalue weighted by Crippen LogP contribution is -2.27. The summed E-state index contributed by atoms with van der Waals surface area (Å²) in [6.45, 7) is 0.405. The molecule has 0 spiro atoms. The van der Waals surface area contributed by atoms with Gasteiger partial charge in [-0.05, 0) is 6.92 Å². The van der Waals surface area contributed by atoms with Crippen molar-refractivity contribution in [2.45, 2.75) is 13.0 Å². The first kappa shape index (κ1) is 14.4. The van der Waals surface area contributed by atoms with Gasteiger partial charge in [-0.15, -0.1) is 0 Å². The fraction of sp³-hybridized carbons (Fsp3) is 0.300. The molecular weight excluding hydrogens is 261 g/mol. The van der Waals surface area contributed by atoms with Crippen molar-refractivity contribution in [3.8, 4) is 0 Å². The zero-order chi connectivity index (χ0) is 14.0. The van der Waals surface area contributed by atoms with E-state index >= 15 is 0 Å². The maximum Gasteiger partial charge on any atom is 0.317 e. The van der Waals surface area contributed by atoms with Crippen molar-refractivity contribution in [1.82, 2.24) is 5.32 Å². The zero-order valence-electron chi connectivity index (χ0n) is 9.03. The molecule has 2 N–H and O–H groups in total. The first-order chi connectivity index (χ1) is 8.27. The molecule has 1 atom stereocenters. The number of rotatable bonds is 4. The molecule has 0 heterocycles. The van der Waals surface area contributed by atoms with Crippen LogP contribution in [0.15, 0.2) is 0 Å². The van der Waals surface area contributed by atoms with Gasteiger partial charge in [0.2, 0.25) is 5.82 Å². The van der Waals surface area contributed by atoms with Crippen LogP contribution in [-0.4, -0.2) is 17.6 Å². The molecule has 0 aromatic heterocycles. The molecule has 0 bridgehead atoms. The number of carboxylic acid groups (broad SMARTS) is 1. The summed E-state index contributed by atoms with van der Waals surface area (Å²) in [6.07, 6.45) is 0. The molecule has 0 amide bonds. The van der Waals surface area contributed by atoms with Crippen LogP contribution in [0, 0.1) is 29.1 Å². The molecule has 0 aliphatic rings. The van der Waals surface area contributed by atoms with Crippen LogP contribution in [-0.2, 0) is 4.79 Å². The Kier molecular flexibility index (Phi) is 4.23. The first-order valence-electron chi connectivity index (χ1n) is 4.73. The van der Waals surface area contributed by atoms with E-state index in [0.717, 1.165) is 6.92 Å². The van der Waals surface area contributed by atoms with Crippen LogP contribution >= 0.6 is 0 Å². The average Bonchev–Trinajstić information content (AvgIpc) is 2.31.